The lowest BCUT2D eigenvalue weighted by atomic mass is 10.2. The van der Waals surface area contributed by atoms with Gasteiger partial charge in [0.1, 0.15) is 6.61 Å². The average Bonchev–Trinajstić information content (AvgIpc) is 2.59. The molecule has 0 radical (unpaired) electrons. The molecule has 0 aliphatic rings. The Labute approximate surface area is 155 Å². The van der Waals surface area contributed by atoms with E-state index in [1.54, 1.807) is 6.07 Å². The van der Waals surface area contributed by atoms with Gasteiger partial charge in [0.25, 0.3) is 5.69 Å². The maximum atomic E-state index is 12.8. The van der Waals surface area contributed by atoms with Crippen molar-refractivity contribution in [1.29, 1.82) is 0 Å². The molecule has 0 aromatic heterocycles. The van der Waals surface area contributed by atoms with Crippen LogP contribution in [-0.2, 0) is 15.7 Å². The van der Waals surface area contributed by atoms with Crippen molar-refractivity contribution < 1.29 is 32.4 Å². The third kappa shape index (κ3) is 5.30. The van der Waals surface area contributed by atoms with Crippen LogP contribution in [0.25, 0.3) is 0 Å². The number of rotatable bonds is 6. The molecule has 0 heterocycles. The van der Waals surface area contributed by atoms with Crippen LogP contribution in [0.1, 0.15) is 22.8 Å². The van der Waals surface area contributed by atoms with Crippen LogP contribution in [0.4, 0.5) is 18.9 Å². The lowest BCUT2D eigenvalue weighted by molar-refractivity contribution is -0.388. The van der Waals surface area contributed by atoms with E-state index < -0.39 is 34.9 Å². The first kappa shape index (κ1) is 20.4. The van der Waals surface area contributed by atoms with Crippen LogP contribution in [0.15, 0.2) is 52.3 Å². The number of halogens is 3. The SMILES string of the molecule is CC(=O)COC(=O)c1ccccc1Sc1ccc(C(F)(F)F)cc1[N+](=O)[O-]. The van der Waals surface area contributed by atoms with Gasteiger partial charge in [-0.15, -0.1) is 0 Å². The van der Waals surface area contributed by atoms with Gasteiger partial charge >= 0.3 is 12.1 Å². The Hall–Kier alpha value is -2.88. The minimum absolute atomic E-state index is 0.0398. The molecule has 0 N–H and O–H groups in total. The molecule has 0 amide bonds. The van der Waals surface area contributed by atoms with Crippen molar-refractivity contribution in [3.05, 3.63) is 63.7 Å². The molecule has 0 fully saturated rings. The first-order valence-corrected chi connectivity index (χ1v) is 8.20. The summed E-state index contributed by atoms with van der Waals surface area (Å²) in [6.45, 7) is 0.803. The normalized spacial score (nSPS) is 11.1. The van der Waals surface area contributed by atoms with E-state index in [0.717, 1.165) is 23.9 Å². The third-order valence-corrected chi connectivity index (χ3v) is 4.36. The van der Waals surface area contributed by atoms with Gasteiger partial charge in [0, 0.05) is 11.0 Å². The highest BCUT2D eigenvalue weighted by Crippen LogP contribution is 2.40. The highest BCUT2D eigenvalue weighted by atomic mass is 32.2. The molecule has 2 aromatic rings. The molecule has 10 heteroatoms. The monoisotopic (exact) mass is 399 g/mol. The summed E-state index contributed by atoms with van der Waals surface area (Å²) in [6, 6.07) is 8.08. The number of ketones is 1. The number of esters is 1. The summed E-state index contributed by atoms with van der Waals surface area (Å²) >= 11 is 0.756. The Bertz CT molecular complexity index is 898. The number of nitro benzene ring substituents is 1. The standard InChI is InChI=1S/C17H12F3NO5S/c1-10(22)9-26-16(23)12-4-2-3-5-14(12)27-15-7-6-11(17(18,19)20)8-13(15)21(24)25/h2-8H,9H2,1H3. The maximum Gasteiger partial charge on any atom is 0.416 e. The second kappa shape index (κ2) is 8.21. The van der Waals surface area contributed by atoms with Crippen LogP contribution in [0, 0.1) is 10.1 Å². The number of carbonyl (C=O) groups excluding carboxylic acids is 2. The van der Waals surface area contributed by atoms with Gasteiger partial charge in [0.2, 0.25) is 0 Å². The molecule has 0 aliphatic carbocycles. The number of carbonyl (C=O) groups is 2. The zero-order chi connectivity index (χ0) is 20.2. The first-order valence-electron chi connectivity index (χ1n) is 7.38. The maximum absolute atomic E-state index is 12.8. The number of hydrogen-bond donors (Lipinski definition) is 0. The molecule has 0 saturated heterocycles. The zero-order valence-electron chi connectivity index (χ0n) is 13.8. The topological polar surface area (TPSA) is 86.5 Å². The molecule has 0 unspecified atom stereocenters. The molecule has 2 aromatic carbocycles. The third-order valence-electron chi connectivity index (χ3n) is 3.22. The van der Waals surface area contributed by atoms with Crippen LogP contribution in [0.5, 0.6) is 0 Å². The molecule has 27 heavy (non-hydrogen) atoms. The average molecular weight is 399 g/mol. The molecule has 0 spiro atoms. The molecular formula is C17H12F3NO5S. The second-order valence-corrected chi connectivity index (χ2v) is 6.40. The number of alkyl halides is 3. The van der Waals surface area contributed by atoms with E-state index in [1.807, 2.05) is 0 Å². The summed E-state index contributed by atoms with van der Waals surface area (Å²) < 4.78 is 43.2. The fourth-order valence-electron chi connectivity index (χ4n) is 2.01. The lowest BCUT2D eigenvalue weighted by Gasteiger charge is -2.11. The highest BCUT2D eigenvalue weighted by molar-refractivity contribution is 7.99. The van der Waals surface area contributed by atoms with Crippen molar-refractivity contribution in [2.24, 2.45) is 0 Å². The predicted molar refractivity (Wildman–Crippen MR) is 89.6 cm³/mol. The summed E-state index contributed by atoms with van der Waals surface area (Å²) in [5.41, 5.74) is -1.84. The van der Waals surface area contributed by atoms with Crippen molar-refractivity contribution >= 4 is 29.2 Å². The van der Waals surface area contributed by atoms with Crippen molar-refractivity contribution in [3.63, 3.8) is 0 Å². The van der Waals surface area contributed by atoms with Crippen molar-refractivity contribution in [3.8, 4) is 0 Å². The highest BCUT2D eigenvalue weighted by Gasteiger charge is 2.33. The Balaban J connectivity index is 2.39. The van der Waals surface area contributed by atoms with Crippen LogP contribution >= 0.6 is 11.8 Å². The van der Waals surface area contributed by atoms with Crippen molar-refractivity contribution in [1.82, 2.24) is 0 Å². The van der Waals surface area contributed by atoms with Crippen LogP contribution in [0.3, 0.4) is 0 Å². The van der Waals surface area contributed by atoms with E-state index >= 15 is 0 Å². The number of benzene rings is 2. The van der Waals surface area contributed by atoms with E-state index in [2.05, 4.69) is 0 Å². The summed E-state index contributed by atoms with van der Waals surface area (Å²) in [5.74, 6) is -1.19. The number of hydrogen-bond acceptors (Lipinski definition) is 6. The van der Waals surface area contributed by atoms with E-state index in [9.17, 15) is 32.9 Å². The Kier molecular flexibility index (Phi) is 6.21. The van der Waals surface area contributed by atoms with E-state index in [1.165, 1.54) is 25.1 Å². The molecule has 142 valence electrons. The smallest absolute Gasteiger partial charge is 0.416 e. The van der Waals surface area contributed by atoms with Gasteiger partial charge in [-0.1, -0.05) is 23.9 Å². The number of Topliss-reactive ketones (excluding diaryl/α,β-unsaturated/α-hetero) is 1. The molecule has 0 bridgehead atoms. The molecular weight excluding hydrogens is 387 g/mol. The minimum Gasteiger partial charge on any atom is -0.454 e. The Morgan fingerprint density at radius 1 is 1.15 bits per heavy atom. The molecule has 6 nitrogen and oxygen atoms in total. The summed E-state index contributed by atoms with van der Waals surface area (Å²) in [7, 11) is 0. The number of nitrogens with zero attached hydrogens (tertiary/aromatic N) is 1. The molecule has 0 aliphatic heterocycles. The second-order valence-electron chi connectivity index (χ2n) is 5.31. The Morgan fingerprint density at radius 2 is 1.81 bits per heavy atom. The van der Waals surface area contributed by atoms with Gasteiger partial charge in [-0.3, -0.25) is 14.9 Å². The van der Waals surface area contributed by atoms with E-state index in [4.69, 9.17) is 4.74 Å². The van der Waals surface area contributed by atoms with E-state index in [-0.39, 0.29) is 21.1 Å². The molecule has 2 rings (SSSR count). The van der Waals surface area contributed by atoms with Crippen LogP contribution in [-0.4, -0.2) is 23.3 Å². The fourth-order valence-corrected chi connectivity index (χ4v) is 3.03. The first-order chi connectivity index (χ1) is 12.6. The van der Waals surface area contributed by atoms with Gasteiger partial charge in [-0.2, -0.15) is 13.2 Å². The summed E-state index contributed by atoms with van der Waals surface area (Å²) in [4.78, 5) is 33.5. The summed E-state index contributed by atoms with van der Waals surface area (Å²) in [6.07, 6.45) is -4.72. The lowest BCUT2D eigenvalue weighted by Crippen LogP contribution is -2.12. The number of nitro groups is 1. The quantitative estimate of drug-likeness (QED) is 0.404. The molecule has 0 atom stereocenters. The van der Waals surface area contributed by atoms with Gasteiger partial charge in [0.05, 0.1) is 20.9 Å². The van der Waals surface area contributed by atoms with Gasteiger partial charge in [0.15, 0.2) is 5.78 Å². The van der Waals surface area contributed by atoms with Gasteiger partial charge < -0.3 is 4.74 Å². The van der Waals surface area contributed by atoms with Gasteiger partial charge in [-0.05, 0) is 31.2 Å². The van der Waals surface area contributed by atoms with Crippen molar-refractivity contribution in [2.75, 3.05) is 6.61 Å². The predicted octanol–water partition coefficient (Wildman–Crippen LogP) is 4.51. The van der Waals surface area contributed by atoms with Crippen LogP contribution < -0.4 is 0 Å². The largest absolute Gasteiger partial charge is 0.454 e. The zero-order valence-corrected chi connectivity index (χ0v) is 14.6. The molecule has 0 saturated carbocycles. The van der Waals surface area contributed by atoms with E-state index in [0.29, 0.717) is 6.07 Å². The van der Waals surface area contributed by atoms with Crippen LogP contribution in [0.2, 0.25) is 0 Å². The minimum atomic E-state index is -4.72. The number of ether oxygens (including phenoxy) is 1. The summed E-state index contributed by atoms with van der Waals surface area (Å²) in [5, 5.41) is 11.2. The van der Waals surface area contributed by atoms with Crippen molar-refractivity contribution in [2.45, 2.75) is 22.9 Å². The van der Waals surface area contributed by atoms with Gasteiger partial charge in [-0.25, -0.2) is 4.79 Å². The Morgan fingerprint density at radius 3 is 2.41 bits per heavy atom. The fraction of sp³-hybridized carbons (Fsp3) is 0.176.